The van der Waals surface area contributed by atoms with Gasteiger partial charge in [-0.15, -0.1) is 11.3 Å². The maximum Gasteiger partial charge on any atom is 0.526 e. The second kappa shape index (κ2) is 11.8. The molecule has 5 N–H and O–H groups in total. The van der Waals surface area contributed by atoms with Crippen molar-refractivity contribution in [1.29, 1.82) is 0 Å². The Hall–Kier alpha value is -4.02. The summed E-state index contributed by atoms with van der Waals surface area (Å²) in [5.41, 5.74) is 6.26. The summed E-state index contributed by atoms with van der Waals surface area (Å²) in [5, 5.41) is 24.1. The largest absolute Gasteiger partial charge is 0.535 e. The molecule has 39 heavy (non-hydrogen) atoms. The molecule has 2 aliphatic rings. The zero-order chi connectivity index (χ0) is 28.3. The third-order valence-corrected chi connectivity index (χ3v) is 7.15. The number of thiazole rings is 1. The van der Waals surface area contributed by atoms with E-state index in [1.165, 1.54) is 29.5 Å². The average molecular weight is 559 g/mol. The number of ether oxygens (including phenoxy) is 1. The highest BCUT2D eigenvalue weighted by molar-refractivity contribution is 7.13. The van der Waals surface area contributed by atoms with E-state index in [1.807, 2.05) is 0 Å². The number of aromatic nitrogens is 1. The number of rotatable bonds is 9. The van der Waals surface area contributed by atoms with Crippen LogP contribution in [0, 0.1) is 0 Å². The minimum absolute atomic E-state index is 0.0335. The van der Waals surface area contributed by atoms with Crippen molar-refractivity contribution < 1.29 is 43.5 Å². The van der Waals surface area contributed by atoms with E-state index in [0.29, 0.717) is 5.56 Å². The third-order valence-electron chi connectivity index (χ3n) is 6.46. The summed E-state index contributed by atoms with van der Waals surface area (Å²) in [5.74, 6) is -4.42. The van der Waals surface area contributed by atoms with Gasteiger partial charge < -0.3 is 35.5 Å². The molecule has 1 aromatic carbocycles. The second-order valence-electron chi connectivity index (χ2n) is 8.98. The number of para-hydroxylation sites is 1. The minimum atomic E-state index is -1.49. The Kier molecular flexibility index (Phi) is 8.47. The molecule has 14 nitrogen and oxygen atoms in total. The van der Waals surface area contributed by atoms with Crippen LogP contribution in [0.3, 0.4) is 0 Å². The number of imide groups is 1. The van der Waals surface area contributed by atoms with E-state index in [9.17, 15) is 34.1 Å². The van der Waals surface area contributed by atoms with Gasteiger partial charge in [-0.05, 0) is 18.1 Å². The van der Waals surface area contributed by atoms with Crippen LogP contribution in [-0.2, 0) is 25.5 Å². The predicted octanol–water partition coefficient (Wildman–Crippen LogP) is -0.0636. The van der Waals surface area contributed by atoms with Crippen molar-refractivity contribution in [2.24, 2.45) is 0 Å². The molecule has 1 fully saturated rings. The Morgan fingerprint density at radius 2 is 2.08 bits per heavy atom. The summed E-state index contributed by atoms with van der Waals surface area (Å²) >= 11 is 1.04. The second-order valence-corrected chi connectivity index (χ2v) is 9.87. The van der Waals surface area contributed by atoms with Crippen molar-refractivity contribution in [2.75, 3.05) is 39.1 Å². The van der Waals surface area contributed by atoms with Gasteiger partial charge in [0, 0.05) is 44.4 Å². The maximum absolute atomic E-state index is 13.4. The number of benzene rings is 1. The molecule has 1 saturated heterocycles. The number of carbonyl (C=O) groups is 5. The van der Waals surface area contributed by atoms with Crippen molar-refractivity contribution in [3.63, 3.8) is 0 Å². The van der Waals surface area contributed by atoms with Crippen molar-refractivity contribution in [3.8, 4) is 5.75 Å². The Morgan fingerprint density at radius 1 is 1.31 bits per heavy atom. The SMILES string of the molecule is COCCN1CCN(C(=O)NC(C(=O)C[C@H]2Cc3cccc(C(=O)O)c3OB2O)c2csc(N)n2)C(=O)C1=O. The van der Waals surface area contributed by atoms with Crippen molar-refractivity contribution in [2.45, 2.75) is 24.7 Å². The van der Waals surface area contributed by atoms with E-state index >= 15 is 0 Å². The van der Waals surface area contributed by atoms with Gasteiger partial charge in [0.1, 0.15) is 11.8 Å². The number of carbonyl (C=O) groups excluding carboxylic acids is 4. The van der Waals surface area contributed by atoms with Crippen molar-refractivity contribution >= 4 is 53.2 Å². The van der Waals surface area contributed by atoms with Gasteiger partial charge in [-0.1, -0.05) is 12.1 Å². The first kappa shape index (κ1) is 28.0. The molecule has 2 atom stereocenters. The number of anilines is 1. The number of hydrogen-bond donors (Lipinski definition) is 4. The first-order chi connectivity index (χ1) is 18.6. The molecule has 0 aliphatic carbocycles. The van der Waals surface area contributed by atoms with Crippen LogP contribution in [0.5, 0.6) is 5.75 Å². The van der Waals surface area contributed by atoms with Crippen LogP contribution in [0.2, 0.25) is 5.82 Å². The first-order valence-electron chi connectivity index (χ1n) is 11.9. The fourth-order valence-corrected chi connectivity index (χ4v) is 5.03. The number of fused-ring (bicyclic) bond motifs is 1. The van der Waals surface area contributed by atoms with E-state index in [2.05, 4.69) is 10.3 Å². The molecule has 0 bridgehead atoms. The molecule has 2 aliphatic heterocycles. The summed E-state index contributed by atoms with van der Waals surface area (Å²) in [6, 6.07) is 2.24. The van der Waals surface area contributed by atoms with Gasteiger partial charge in [-0.2, -0.15) is 0 Å². The number of nitrogen functional groups attached to an aromatic ring is 1. The first-order valence-corrected chi connectivity index (χ1v) is 12.8. The van der Waals surface area contributed by atoms with Crippen LogP contribution in [0.15, 0.2) is 23.6 Å². The normalized spacial score (nSPS) is 17.9. The zero-order valence-corrected chi connectivity index (χ0v) is 21.7. The highest BCUT2D eigenvalue weighted by atomic mass is 32.1. The quantitative estimate of drug-likeness (QED) is 0.237. The number of amides is 4. The fourth-order valence-electron chi connectivity index (χ4n) is 4.44. The van der Waals surface area contributed by atoms with E-state index in [4.69, 9.17) is 15.1 Å². The maximum atomic E-state index is 13.4. The molecule has 0 saturated carbocycles. The topological polar surface area (TPSA) is 202 Å². The monoisotopic (exact) mass is 559 g/mol. The molecule has 0 spiro atoms. The molecule has 4 amide bonds. The Morgan fingerprint density at radius 3 is 2.74 bits per heavy atom. The molecule has 3 heterocycles. The van der Waals surface area contributed by atoms with Crippen molar-refractivity contribution in [3.05, 3.63) is 40.4 Å². The van der Waals surface area contributed by atoms with Crippen LogP contribution in [0.4, 0.5) is 9.93 Å². The predicted molar refractivity (Wildman–Crippen MR) is 137 cm³/mol. The van der Waals surface area contributed by atoms with Crippen LogP contribution in [0.25, 0.3) is 0 Å². The molecule has 206 valence electrons. The Balaban J connectivity index is 1.49. The molecule has 4 rings (SSSR count). The summed E-state index contributed by atoms with van der Waals surface area (Å²) in [7, 11) is -0.0266. The Bertz CT molecular complexity index is 1300. The highest BCUT2D eigenvalue weighted by Crippen LogP contribution is 2.37. The highest BCUT2D eigenvalue weighted by Gasteiger charge is 2.41. The number of methoxy groups -OCH3 is 1. The van der Waals surface area contributed by atoms with Crippen LogP contribution < -0.4 is 15.7 Å². The number of hydrogen-bond acceptors (Lipinski definition) is 11. The Labute approximate surface area is 226 Å². The van der Waals surface area contributed by atoms with Gasteiger partial charge in [-0.25, -0.2) is 14.6 Å². The third kappa shape index (κ3) is 6.02. The summed E-state index contributed by atoms with van der Waals surface area (Å²) < 4.78 is 10.4. The number of aromatic carboxylic acids is 1. The number of ketones is 1. The van der Waals surface area contributed by atoms with Gasteiger partial charge in [0.2, 0.25) is 0 Å². The molecule has 1 unspecified atom stereocenters. The summed E-state index contributed by atoms with van der Waals surface area (Å²) in [6.07, 6.45) is -0.141. The number of Topliss-reactive ketones (excluding diaryl/α,β-unsaturated/α-hetero) is 1. The molecule has 1 aromatic heterocycles. The molecule has 2 aromatic rings. The zero-order valence-electron chi connectivity index (χ0n) is 20.9. The fraction of sp³-hybridized carbons (Fsp3) is 0.391. The molecular weight excluding hydrogens is 533 g/mol. The van der Waals surface area contributed by atoms with Crippen molar-refractivity contribution in [1.82, 2.24) is 20.1 Å². The van der Waals surface area contributed by atoms with Crippen LogP contribution in [0.1, 0.15) is 34.1 Å². The number of nitrogens with one attached hydrogen (secondary N) is 1. The number of carboxylic acid groups (broad SMARTS) is 1. The van der Waals surface area contributed by atoms with Crippen LogP contribution >= 0.6 is 11.3 Å². The van der Waals surface area contributed by atoms with E-state index in [0.717, 1.165) is 16.2 Å². The molecular formula is C23H26BN5O9S. The van der Waals surface area contributed by atoms with Gasteiger partial charge in [0.05, 0.1) is 17.9 Å². The molecule has 16 heteroatoms. The number of nitrogens with zero attached hydrogens (tertiary/aromatic N) is 3. The van der Waals surface area contributed by atoms with Gasteiger partial charge in [0.15, 0.2) is 10.9 Å². The smallest absolute Gasteiger partial charge is 0.526 e. The van der Waals surface area contributed by atoms with E-state index in [1.54, 1.807) is 6.07 Å². The van der Waals surface area contributed by atoms with Gasteiger partial charge in [-0.3, -0.25) is 19.3 Å². The lowest BCUT2D eigenvalue weighted by atomic mass is 9.64. The van der Waals surface area contributed by atoms with E-state index < -0.39 is 48.6 Å². The summed E-state index contributed by atoms with van der Waals surface area (Å²) in [6.45, 7) is 0.440. The van der Waals surface area contributed by atoms with Gasteiger partial charge >= 0.3 is 30.9 Å². The number of urea groups is 1. The lowest BCUT2D eigenvalue weighted by Gasteiger charge is -2.33. The number of piperazine rings is 1. The lowest BCUT2D eigenvalue weighted by Crippen LogP contribution is -2.59. The standard InChI is InChI=1S/C23H26BN5O9S/c1-37-8-7-28-5-6-29(20(32)19(28)31)23(35)27-17(15-11-39-22(25)26-15)16(30)10-13-9-12-3-2-4-14(21(33)34)18(12)38-24(13)36/h2-4,11,13,17,36H,5-10H2,1H3,(H2,25,26)(H,27,35)(H,33,34)/t13-,17?/m1/s1. The summed E-state index contributed by atoms with van der Waals surface area (Å²) in [4.78, 5) is 69.1. The minimum Gasteiger partial charge on any atom is -0.535 e. The van der Waals surface area contributed by atoms with Gasteiger partial charge in [0.25, 0.3) is 0 Å². The number of nitrogens with two attached hydrogens (primary N) is 1. The average Bonchev–Trinajstić information content (AvgIpc) is 3.33. The van der Waals surface area contributed by atoms with Crippen LogP contribution in [-0.4, -0.2) is 95.0 Å². The molecule has 0 radical (unpaired) electrons. The lowest BCUT2D eigenvalue weighted by molar-refractivity contribution is -0.154. The number of carboxylic acids is 1. The van der Waals surface area contributed by atoms with E-state index in [-0.39, 0.29) is 61.2 Å².